The van der Waals surface area contributed by atoms with Gasteiger partial charge < -0.3 is 25.5 Å². The molecule has 1 fully saturated rings. The van der Waals surface area contributed by atoms with Crippen molar-refractivity contribution in [2.24, 2.45) is 5.92 Å². The molecule has 3 unspecified atom stereocenters. The predicted molar refractivity (Wildman–Crippen MR) is 58.4 cm³/mol. The van der Waals surface area contributed by atoms with E-state index in [4.69, 9.17) is 10.2 Å². The van der Waals surface area contributed by atoms with Gasteiger partial charge in [0.05, 0.1) is 12.7 Å². The highest BCUT2D eigenvalue weighted by atomic mass is 16.4. The van der Waals surface area contributed by atoms with Gasteiger partial charge in [0.15, 0.2) is 6.04 Å². The van der Waals surface area contributed by atoms with Crippen LogP contribution < -0.4 is 5.32 Å². The van der Waals surface area contributed by atoms with E-state index < -0.39 is 30.8 Å². The van der Waals surface area contributed by atoms with Gasteiger partial charge in [0.25, 0.3) is 0 Å². The van der Waals surface area contributed by atoms with Crippen LogP contribution in [-0.2, 0) is 4.79 Å². The van der Waals surface area contributed by atoms with Gasteiger partial charge in [-0.2, -0.15) is 0 Å². The molecule has 0 radical (unpaired) electrons. The van der Waals surface area contributed by atoms with Crippen molar-refractivity contribution in [3.05, 3.63) is 0 Å². The molecule has 1 saturated heterocycles. The topological polar surface area (TPSA) is 110 Å². The van der Waals surface area contributed by atoms with E-state index in [1.165, 1.54) is 4.90 Å². The Kier molecular flexibility index (Phi) is 4.71. The van der Waals surface area contributed by atoms with Crippen LogP contribution in [0.2, 0.25) is 0 Å². The molecule has 1 rings (SSSR count). The van der Waals surface area contributed by atoms with Crippen molar-refractivity contribution in [2.45, 2.75) is 25.5 Å². The number of amides is 2. The largest absolute Gasteiger partial charge is 0.480 e. The standard InChI is InChI=1S/C10H18N2O5/c1-6-2-3-12(4-8(6)14)10(17)11-7(5-13)9(15)16/h6-8,13-14H,2-5H2,1H3,(H,11,17)(H,15,16). The summed E-state index contributed by atoms with van der Waals surface area (Å²) in [7, 11) is 0. The lowest BCUT2D eigenvalue weighted by molar-refractivity contribution is -0.140. The number of aliphatic hydroxyl groups excluding tert-OH is 2. The molecular formula is C10H18N2O5. The smallest absolute Gasteiger partial charge is 0.328 e. The summed E-state index contributed by atoms with van der Waals surface area (Å²) in [6.07, 6.45) is 0.0812. The van der Waals surface area contributed by atoms with Gasteiger partial charge in [-0.25, -0.2) is 9.59 Å². The summed E-state index contributed by atoms with van der Waals surface area (Å²) >= 11 is 0. The van der Waals surface area contributed by atoms with Crippen LogP contribution in [0.5, 0.6) is 0 Å². The third-order valence-corrected chi connectivity index (χ3v) is 2.98. The Morgan fingerprint density at radius 3 is 2.65 bits per heavy atom. The Morgan fingerprint density at radius 2 is 2.18 bits per heavy atom. The number of likely N-dealkylation sites (tertiary alicyclic amines) is 1. The molecular weight excluding hydrogens is 228 g/mol. The van der Waals surface area contributed by atoms with Crippen molar-refractivity contribution in [3.8, 4) is 0 Å². The van der Waals surface area contributed by atoms with Crippen LogP contribution in [0.1, 0.15) is 13.3 Å². The molecule has 0 aromatic heterocycles. The van der Waals surface area contributed by atoms with Crippen molar-refractivity contribution in [2.75, 3.05) is 19.7 Å². The van der Waals surface area contributed by atoms with Crippen LogP contribution in [0.4, 0.5) is 4.79 Å². The van der Waals surface area contributed by atoms with Crippen LogP contribution in [-0.4, -0.2) is 64.1 Å². The molecule has 0 saturated carbocycles. The monoisotopic (exact) mass is 246 g/mol. The number of rotatable bonds is 3. The molecule has 98 valence electrons. The third-order valence-electron chi connectivity index (χ3n) is 2.98. The van der Waals surface area contributed by atoms with E-state index in [1.807, 2.05) is 6.92 Å². The molecule has 3 atom stereocenters. The minimum Gasteiger partial charge on any atom is -0.480 e. The Hall–Kier alpha value is -1.34. The number of urea groups is 1. The van der Waals surface area contributed by atoms with Gasteiger partial charge in [-0.15, -0.1) is 0 Å². The highest BCUT2D eigenvalue weighted by molar-refractivity contribution is 5.82. The summed E-state index contributed by atoms with van der Waals surface area (Å²) in [5.74, 6) is -1.15. The molecule has 1 heterocycles. The zero-order valence-electron chi connectivity index (χ0n) is 9.67. The number of aliphatic hydroxyl groups is 2. The highest BCUT2D eigenvalue weighted by Gasteiger charge is 2.29. The Morgan fingerprint density at radius 1 is 1.53 bits per heavy atom. The lowest BCUT2D eigenvalue weighted by Gasteiger charge is -2.34. The van der Waals surface area contributed by atoms with Crippen molar-refractivity contribution < 1.29 is 24.9 Å². The summed E-state index contributed by atoms with van der Waals surface area (Å²) in [6.45, 7) is 1.90. The molecule has 0 aliphatic carbocycles. The van der Waals surface area contributed by atoms with E-state index in [-0.39, 0.29) is 12.5 Å². The molecule has 0 bridgehead atoms. The second-order valence-electron chi connectivity index (χ2n) is 4.30. The van der Waals surface area contributed by atoms with Gasteiger partial charge in [-0.1, -0.05) is 6.92 Å². The van der Waals surface area contributed by atoms with Crippen LogP contribution >= 0.6 is 0 Å². The van der Waals surface area contributed by atoms with Crippen LogP contribution in [0, 0.1) is 5.92 Å². The van der Waals surface area contributed by atoms with Crippen molar-refractivity contribution >= 4 is 12.0 Å². The number of piperidine rings is 1. The van der Waals surface area contributed by atoms with Crippen molar-refractivity contribution in [1.82, 2.24) is 10.2 Å². The molecule has 0 spiro atoms. The number of hydrogen-bond acceptors (Lipinski definition) is 4. The molecule has 1 aliphatic heterocycles. The van der Waals surface area contributed by atoms with E-state index in [2.05, 4.69) is 5.32 Å². The first-order chi connectivity index (χ1) is 7.95. The molecule has 7 heteroatoms. The Balaban J connectivity index is 2.50. The number of nitrogens with zero attached hydrogens (tertiary/aromatic N) is 1. The average Bonchev–Trinajstić information content (AvgIpc) is 2.28. The maximum Gasteiger partial charge on any atom is 0.328 e. The fraction of sp³-hybridized carbons (Fsp3) is 0.800. The minimum absolute atomic E-state index is 0.132. The first kappa shape index (κ1) is 13.7. The fourth-order valence-corrected chi connectivity index (χ4v) is 1.66. The summed E-state index contributed by atoms with van der Waals surface area (Å²) in [6, 6.07) is -1.88. The number of carbonyl (C=O) groups is 2. The number of aliphatic carboxylic acids is 1. The molecule has 4 N–H and O–H groups in total. The van der Waals surface area contributed by atoms with Gasteiger partial charge in [0.2, 0.25) is 0 Å². The summed E-state index contributed by atoms with van der Waals surface area (Å²) in [5, 5.41) is 29.3. The number of nitrogens with one attached hydrogen (secondary N) is 1. The Bertz CT molecular complexity index is 296. The van der Waals surface area contributed by atoms with E-state index in [0.29, 0.717) is 13.0 Å². The summed E-state index contributed by atoms with van der Waals surface area (Å²) in [5.41, 5.74) is 0. The lowest BCUT2D eigenvalue weighted by Crippen LogP contribution is -2.54. The normalized spacial score (nSPS) is 26.4. The summed E-state index contributed by atoms with van der Waals surface area (Å²) < 4.78 is 0. The van der Waals surface area contributed by atoms with Gasteiger partial charge >= 0.3 is 12.0 Å². The average molecular weight is 246 g/mol. The van der Waals surface area contributed by atoms with Gasteiger partial charge in [0.1, 0.15) is 0 Å². The first-order valence-corrected chi connectivity index (χ1v) is 5.53. The maximum atomic E-state index is 11.7. The number of β-amino-alcohol motifs (C(OH)–C–C–N with tert-alkyl or cyclic N) is 1. The summed E-state index contributed by atoms with van der Waals surface area (Å²) in [4.78, 5) is 23.6. The number of carboxylic acids is 1. The second kappa shape index (κ2) is 5.83. The van der Waals surface area contributed by atoms with Gasteiger partial charge in [-0.3, -0.25) is 0 Å². The van der Waals surface area contributed by atoms with Gasteiger partial charge in [0, 0.05) is 13.1 Å². The van der Waals surface area contributed by atoms with Crippen molar-refractivity contribution in [1.29, 1.82) is 0 Å². The molecule has 2 amide bonds. The zero-order chi connectivity index (χ0) is 13.0. The third kappa shape index (κ3) is 3.57. The minimum atomic E-state index is -1.31. The SMILES string of the molecule is CC1CCN(C(=O)NC(CO)C(=O)O)CC1O. The van der Waals surface area contributed by atoms with Crippen LogP contribution in [0.25, 0.3) is 0 Å². The predicted octanol–water partition coefficient (Wildman–Crippen LogP) is -1.16. The molecule has 0 aromatic carbocycles. The number of carboxylic acid groups (broad SMARTS) is 1. The highest BCUT2D eigenvalue weighted by Crippen LogP contribution is 2.16. The van der Waals surface area contributed by atoms with E-state index >= 15 is 0 Å². The van der Waals surface area contributed by atoms with Crippen molar-refractivity contribution in [3.63, 3.8) is 0 Å². The van der Waals surface area contributed by atoms with E-state index in [0.717, 1.165) is 0 Å². The first-order valence-electron chi connectivity index (χ1n) is 5.53. The van der Waals surface area contributed by atoms with Crippen LogP contribution in [0.3, 0.4) is 0 Å². The van der Waals surface area contributed by atoms with E-state index in [9.17, 15) is 14.7 Å². The fourth-order valence-electron chi connectivity index (χ4n) is 1.66. The zero-order valence-corrected chi connectivity index (χ0v) is 9.67. The van der Waals surface area contributed by atoms with Gasteiger partial charge in [-0.05, 0) is 12.3 Å². The Labute approximate surface area is 99.0 Å². The molecule has 7 nitrogen and oxygen atoms in total. The molecule has 0 aromatic rings. The second-order valence-corrected chi connectivity index (χ2v) is 4.30. The lowest BCUT2D eigenvalue weighted by atomic mass is 9.96. The number of carbonyl (C=O) groups excluding carboxylic acids is 1. The molecule has 17 heavy (non-hydrogen) atoms. The maximum absolute atomic E-state index is 11.7. The van der Waals surface area contributed by atoms with E-state index in [1.54, 1.807) is 0 Å². The quantitative estimate of drug-likeness (QED) is 0.502. The number of hydrogen-bond donors (Lipinski definition) is 4. The van der Waals surface area contributed by atoms with Crippen LogP contribution in [0.15, 0.2) is 0 Å². The molecule has 1 aliphatic rings.